The summed E-state index contributed by atoms with van der Waals surface area (Å²) in [5.74, 6) is 0.0426. The van der Waals surface area contributed by atoms with Crippen LogP contribution in [0.2, 0.25) is 0 Å². The molecule has 2 saturated heterocycles. The first-order chi connectivity index (χ1) is 10.1. The molecule has 3 rings (SSSR count). The Labute approximate surface area is 126 Å². The van der Waals surface area contributed by atoms with Gasteiger partial charge >= 0.3 is 0 Å². The average Bonchev–Trinajstić information content (AvgIpc) is 2.67. The molecule has 1 aromatic rings. The smallest absolute Gasteiger partial charge is 0.238 e. The number of hydrogen-bond acceptors (Lipinski definition) is 4. The molecule has 2 unspecified atom stereocenters. The molecule has 2 aliphatic heterocycles. The van der Waals surface area contributed by atoms with Crippen molar-refractivity contribution in [2.75, 3.05) is 37.7 Å². The molecule has 3 N–H and O–H groups in total. The second kappa shape index (κ2) is 6.03. The van der Waals surface area contributed by atoms with Crippen molar-refractivity contribution in [3.05, 3.63) is 24.3 Å². The second-order valence-electron chi connectivity index (χ2n) is 6.25. The van der Waals surface area contributed by atoms with Crippen molar-refractivity contribution in [1.82, 2.24) is 9.80 Å². The van der Waals surface area contributed by atoms with E-state index in [4.69, 9.17) is 5.73 Å². The van der Waals surface area contributed by atoms with Crippen molar-refractivity contribution in [1.29, 1.82) is 0 Å². The van der Waals surface area contributed by atoms with Gasteiger partial charge in [0.25, 0.3) is 0 Å². The van der Waals surface area contributed by atoms with Crippen molar-refractivity contribution >= 4 is 17.3 Å². The zero-order chi connectivity index (χ0) is 14.8. The van der Waals surface area contributed by atoms with Crippen LogP contribution in [0.4, 0.5) is 11.4 Å². The number of carbonyl (C=O) groups is 1. The van der Waals surface area contributed by atoms with Crippen LogP contribution in [0.3, 0.4) is 0 Å². The number of nitrogens with two attached hydrogens (primary N) is 1. The Morgan fingerprint density at radius 1 is 1.33 bits per heavy atom. The maximum Gasteiger partial charge on any atom is 0.238 e. The quantitative estimate of drug-likeness (QED) is 0.825. The van der Waals surface area contributed by atoms with Crippen LogP contribution < -0.4 is 11.1 Å². The predicted molar refractivity (Wildman–Crippen MR) is 85.1 cm³/mol. The van der Waals surface area contributed by atoms with E-state index in [1.165, 1.54) is 19.3 Å². The Morgan fingerprint density at radius 2 is 2.14 bits per heavy atom. The first kappa shape index (κ1) is 14.4. The fourth-order valence-corrected chi connectivity index (χ4v) is 3.54. The van der Waals surface area contributed by atoms with Gasteiger partial charge in [0.05, 0.1) is 6.54 Å². The van der Waals surface area contributed by atoms with E-state index in [9.17, 15) is 4.79 Å². The number of nitrogens with zero attached hydrogens (tertiary/aromatic N) is 2. The van der Waals surface area contributed by atoms with Gasteiger partial charge in [-0.1, -0.05) is 6.07 Å². The maximum absolute atomic E-state index is 12.2. The summed E-state index contributed by atoms with van der Waals surface area (Å²) < 4.78 is 0. The van der Waals surface area contributed by atoms with Gasteiger partial charge < -0.3 is 11.1 Å². The molecule has 2 fully saturated rings. The molecule has 2 heterocycles. The lowest BCUT2D eigenvalue weighted by atomic mass is 10.1. The summed E-state index contributed by atoms with van der Waals surface area (Å²) in [6.07, 6.45) is 3.73. The maximum atomic E-state index is 12.2. The summed E-state index contributed by atoms with van der Waals surface area (Å²) >= 11 is 0. The number of anilines is 2. The highest BCUT2D eigenvalue weighted by Gasteiger charge is 2.34. The number of fused-ring (bicyclic) bond motifs is 2. The van der Waals surface area contributed by atoms with Gasteiger partial charge in [-0.15, -0.1) is 0 Å². The first-order valence-corrected chi connectivity index (χ1v) is 7.71. The molecule has 1 amide bonds. The van der Waals surface area contributed by atoms with Crippen LogP contribution in [0.15, 0.2) is 24.3 Å². The van der Waals surface area contributed by atoms with Crippen molar-refractivity contribution in [2.24, 2.45) is 0 Å². The fourth-order valence-electron chi connectivity index (χ4n) is 3.54. The summed E-state index contributed by atoms with van der Waals surface area (Å²) in [6, 6.07) is 8.64. The number of carbonyl (C=O) groups excluding carboxylic acids is 1. The number of amides is 1. The molecule has 2 bridgehead atoms. The lowest BCUT2D eigenvalue weighted by molar-refractivity contribution is -0.117. The van der Waals surface area contributed by atoms with E-state index in [0.717, 1.165) is 18.8 Å². The number of rotatable bonds is 3. The molecule has 0 aliphatic carbocycles. The molecular formula is C16H24N4O. The van der Waals surface area contributed by atoms with Crippen LogP contribution in [0, 0.1) is 0 Å². The minimum absolute atomic E-state index is 0.0426. The molecular weight excluding hydrogens is 264 g/mol. The van der Waals surface area contributed by atoms with Gasteiger partial charge in [0, 0.05) is 36.5 Å². The van der Waals surface area contributed by atoms with Crippen molar-refractivity contribution in [3.63, 3.8) is 0 Å². The third kappa shape index (κ3) is 3.36. The van der Waals surface area contributed by atoms with Crippen molar-refractivity contribution < 1.29 is 4.79 Å². The van der Waals surface area contributed by atoms with Crippen molar-refractivity contribution in [2.45, 2.75) is 31.3 Å². The Hall–Kier alpha value is -1.59. The Bertz CT molecular complexity index is 519. The van der Waals surface area contributed by atoms with Gasteiger partial charge in [-0.2, -0.15) is 0 Å². The molecule has 2 aliphatic rings. The second-order valence-corrected chi connectivity index (χ2v) is 6.25. The monoisotopic (exact) mass is 288 g/mol. The molecule has 0 saturated carbocycles. The summed E-state index contributed by atoms with van der Waals surface area (Å²) in [7, 11) is 2.22. The summed E-state index contributed by atoms with van der Waals surface area (Å²) in [6.45, 7) is 2.47. The lowest BCUT2D eigenvalue weighted by Gasteiger charge is -2.25. The van der Waals surface area contributed by atoms with Gasteiger partial charge in [-0.3, -0.25) is 14.6 Å². The van der Waals surface area contributed by atoms with E-state index in [1.54, 1.807) is 6.07 Å². The van der Waals surface area contributed by atoms with Gasteiger partial charge in [0.15, 0.2) is 0 Å². The number of benzene rings is 1. The Kier molecular flexibility index (Phi) is 4.12. The highest BCUT2D eigenvalue weighted by Crippen LogP contribution is 2.28. The molecule has 0 spiro atoms. The van der Waals surface area contributed by atoms with Gasteiger partial charge in [0.2, 0.25) is 5.91 Å². The van der Waals surface area contributed by atoms with E-state index in [-0.39, 0.29) is 5.91 Å². The number of nitrogens with one attached hydrogen (secondary N) is 1. The topological polar surface area (TPSA) is 61.6 Å². The molecule has 114 valence electrons. The predicted octanol–water partition coefficient (Wildman–Crippen LogP) is 1.38. The number of likely N-dealkylation sites (N-methyl/N-ethyl adjacent to an activating group) is 1. The van der Waals surface area contributed by atoms with Crippen LogP contribution in [0.25, 0.3) is 0 Å². The van der Waals surface area contributed by atoms with Crippen molar-refractivity contribution in [3.8, 4) is 0 Å². The minimum Gasteiger partial charge on any atom is -0.399 e. The molecule has 0 aromatic heterocycles. The van der Waals surface area contributed by atoms with Gasteiger partial charge in [-0.05, 0) is 44.5 Å². The molecule has 2 atom stereocenters. The zero-order valence-electron chi connectivity index (χ0n) is 12.6. The van der Waals surface area contributed by atoms with Crippen LogP contribution in [-0.4, -0.2) is 54.5 Å². The van der Waals surface area contributed by atoms with Crippen LogP contribution in [0.1, 0.15) is 19.3 Å². The van der Waals surface area contributed by atoms with Gasteiger partial charge in [-0.25, -0.2) is 0 Å². The van der Waals surface area contributed by atoms with Gasteiger partial charge in [0.1, 0.15) is 0 Å². The third-order valence-electron chi connectivity index (χ3n) is 4.77. The Balaban J connectivity index is 1.55. The lowest BCUT2D eigenvalue weighted by Crippen LogP contribution is -2.40. The highest BCUT2D eigenvalue weighted by atomic mass is 16.2. The molecule has 5 heteroatoms. The normalized spacial score (nSPS) is 26.5. The van der Waals surface area contributed by atoms with Crippen LogP contribution in [-0.2, 0) is 4.79 Å². The SMILES string of the molecule is CN1C2CCC1CN(CC(=O)Nc1cccc(N)c1)CC2. The van der Waals surface area contributed by atoms with E-state index in [0.29, 0.717) is 24.3 Å². The number of nitrogen functional groups attached to an aromatic ring is 1. The largest absolute Gasteiger partial charge is 0.399 e. The minimum atomic E-state index is 0.0426. The first-order valence-electron chi connectivity index (χ1n) is 7.71. The van der Waals surface area contributed by atoms with E-state index < -0.39 is 0 Å². The fraction of sp³-hybridized carbons (Fsp3) is 0.562. The Morgan fingerprint density at radius 3 is 2.95 bits per heavy atom. The van der Waals surface area contributed by atoms with E-state index in [1.807, 2.05) is 18.2 Å². The summed E-state index contributed by atoms with van der Waals surface area (Å²) in [4.78, 5) is 17.0. The third-order valence-corrected chi connectivity index (χ3v) is 4.77. The summed E-state index contributed by atoms with van der Waals surface area (Å²) in [5, 5.41) is 2.93. The molecule has 21 heavy (non-hydrogen) atoms. The molecule has 5 nitrogen and oxygen atoms in total. The molecule has 0 radical (unpaired) electrons. The van der Waals surface area contributed by atoms with E-state index >= 15 is 0 Å². The highest BCUT2D eigenvalue weighted by molar-refractivity contribution is 5.92. The average molecular weight is 288 g/mol. The molecule has 1 aromatic carbocycles. The zero-order valence-corrected chi connectivity index (χ0v) is 12.6. The van der Waals surface area contributed by atoms with Crippen LogP contribution >= 0.6 is 0 Å². The summed E-state index contributed by atoms with van der Waals surface area (Å²) in [5.41, 5.74) is 7.17. The van der Waals surface area contributed by atoms with Crippen LogP contribution in [0.5, 0.6) is 0 Å². The number of likely N-dealkylation sites (tertiary alicyclic amines) is 1. The van der Waals surface area contributed by atoms with E-state index in [2.05, 4.69) is 22.2 Å². The number of hydrogen-bond donors (Lipinski definition) is 2. The standard InChI is InChI=1S/C16H24N4O/c1-19-14-5-6-15(19)10-20(8-7-14)11-16(21)18-13-4-2-3-12(17)9-13/h2-4,9,14-15H,5-8,10-11,17H2,1H3,(H,18,21).